The van der Waals surface area contributed by atoms with Crippen LogP contribution in [0.15, 0.2) is 42.6 Å². The SMILES string of the molecule is O=C(O)C1C2Cc3cc(OCc4cc(-c5ccc(Cl)cc5F)c(C(F)(F)F)cc4F)ncc3C21. The normalized spacial score (nSPS) is 20.6. The van der Waals surface area contributed by atoms with E-state index in [4.69, 9.17) is 16.3 Å². The van der Waals surface area contributed by atoms with Crippen molar-refractivity contribution >= 4 is 17.6 Å². The van der Waals surface area contributed by atoms with E-state index in [2.05, 4.69) is 4.98 Å². The van der Waals surface area contributed by atoms with Gasteiger partial charge in [-0.1, -0.05) is 11.6 Å². The molecule has 176 valence electrons. The summed E-state index contributed by atoms with van der Waals surface area (Å²) in [7, 11) is 0. The molecule has 3 unspecified atom stereocenters. The number of carboxylic acid groups (broad SMARTS) is 1. The molecular weight excluding hydrogens is 481 g/mol. The van der Waals surface area contributed by atoms with Crippen molar-refractivity contribution in [2.45, 2.75) is 25.1 Å². The number of aromatic nitrogens is 1. The van der Waals surface area contributed by atoms with Gasteiger partial charge < -0.3 is 9.84 Å². The number of pyridine rings is 1. The zero-order valence-corrected chi connectivity index (χ0v) is 17.9. The highest BCUT2D eigenvalue weighted by atomic mass is 35.5. The van der Waals surface area contributed by atoms with Crippen LogP contribution in [-0.2, 0) is 24.0 Å². The molecule has 1 saturated carbocycles. The quantitative estimate of drug-likeness (QED) is 0.425. The predicted octanol–water partition coefficient (Wildman–Crippen LogP) is 6.25. The van der Waals surface area contributed by atoms with E-state index in [-0.39, 0.29) is 33.9 Å². The maximum Gasteiger partial charge on any atom is 0.417 e. The van der Waals surface area contributed by atoms with Crippen molar-refractivity contribution < 1.29 is 36.6 Å². The van der Waals surface area contributed by atoms with E-state index in [0.29, 0.717) is 12.5 Å². The second-order valence-corrected chi connectivity index (χ2v) is 8.82. The Balaban J connectivity index is 1.42. The number of carboxylic acids is 1. The number of halogens is 6. The maximum atomic E-state index is 14.6. The van der Waals surface area contributed by atoms with Crippen LogP contribution in [0.1, 0.15) is 28.2 Å². The summed E-state index contributed by atoms with van der Waals surface area (Å²) in [6.07, 6.45) is -2.84. The summed E-state index contributed by atoms with van der Waals surface area (Å²) in [4.78, 5) is 15.4. The number of alkyl halides is 3. The molecule has 1 fully saturated rings. The minimum absolute atomic E-state index is 0.00970. The summed E-state index contributed by atoms with van der Waals surface area (Å²) in [5.41, 5.74) is -0.726. The first kappa shape index (κ1) is 22.6. The zero-order chi connectivity index (χ0) is 24.4. The van der Waals surface area contributed by atoms with E-state index in [1.807, 2.05) is 0 Å². The Morgan fingerprint density at radius 3 is 2.56 bits per heavy atom. The Kier molecular flexibility index (Phi) is 5.27. The standard InChI is InChI=1S/C24H15ClF5NO3/c25-12-1-2-13(19(27)6-12)14-4-11(18(26)7-17(14)24(28,29)30)9-34-20-5-10-3-15-21(16(10)8-31-20)22(15)23(32)33/h1-2,4-8,15,21-22H,3,9H2,(H,32,33). The van der Waals surface area contributed by atoms with E-state index < -0.39 is 47.4 Å². The van der Waals surface area contributed by atoms with Crippen LogP contribution in [0, 0.1) is 23.5 Å². The van der Waals surface area contributed by atoms with Gasteiger partial charge in [-0.25, -0.2) is 13.8 Å². The number of aliphatic carboxylic acids is 1. The van der Waals surface area contributed by atoms with E-state index in [1.54, 1.807) is 6.07 Å². The van der Waals surface area contributed by atoms with E-state index in [0.717, 1.165) is 29.3 Å². The average Bonchev–Trinajstić information content (AvgIpc) is 3.35. The highest BCUT2D eigenvalue weighted by molar-refractivity contribution is 6.30. The first-order valence-corrected chi connectivity index (χ1v) is 10.6. The molecule has 1 heterocycles. The van der Waals surface area contributed by atoms with Gasteiger partial charge in [0, 0.05) is 34.3 Å². The lowest BCUT2D eigenvalue weighted by Crippen LogP contribution is -2.11. The molecule has 0 bridgehead atoms. The van der Waals surface area contributed by atoms with Crippen LogP contribution in [0.2, 0.25) is 5.02 Å². The molecule has 3 aromatic rings. The van der Waals surface area contributed by atoms with Gasteiger partial charge in [0.05, 0.1) is 11.5 Å². The Morgan fingerprint density at radius 2 is 1.88 bits per heavy atom. The molecule has 2 aliphatic carbocycles. The van der Waals surface area contributed by atoms with Gasteiger partial charge >= 0.3 is 12.1 Å². The van der Waals surface area contributed by atoms with Crippen LogP contribution < -0.4 is 4.74 Å². The van der Waals surface area contributed by atoms with Crippen LogP contribution >= 0.6 is 11.6 Å². The molecule has 1 N–H and O–H groups in total. The van der Waals surface area contributed by atoms with Gasteiger partial charge in [-0.05, 0) is 59.4 Å². The monoisotopic (exact) mass is 495 g/mol. The van der Waals surface area contributed by atoms with Crippen molar-refractivity contribution in [3.8, 4) is 17.0 Å². The molecule has 1 aromatic heterocycles. The second-order valence-electron chi connectivity index (χ2n) is 8.38. The fourth-order valence-corrected chi connectivity index (χ4v) is 4.89. The number of hydrogen-bond acceptors (Lipinski definition) is 3. The Morgan fingerprint density at radius 1 is 1.12 bits per heavy atom. The van der Waals surface area contributed by atoms with E-state index in [9.17, 15) is 31.9 Å². The van der Waals surface area contributed by atoms with Gasteiger partial charge in [0.25, 0.3) is 0 Å². The van der Waals surface area contributed by atoms with Crippen LogP contribution in [0.3, 0.4) is 0 Å². The van der Waals surface area contributed by atoms with Gasteiger partial charge in [0.2, 0.25) is 5.88 Å². The smallest absolute Gasteiger partial charge is 0.417 e. The highest BCUT2D eigenvalue weighted by Crippen LogP contribution is 2.61. The summed E-state index contributed by atoms with van der Waals surface area (Å²) >= 11 is 5.71. The molecule has 2 aliphatic rings. The minimum atomic E-state index is -4.92. The number of benzene rings is 2. The van der Waals surface area contributed by atoms with Crippen molar-refractivity contribution in [1.29, 1.82) is 0 Å². The Labute approximate surface area is 195 Å². The van der Waals surface area contributed by atoms with Crippen LogP contribution in [0.25, 0.3) is 11.1 Å². The molecule has 4 nitrogen and oxygen atoms in total. The minimum Gasteiger partial charge on any atom is -0.481 e. The molecule has 2 aromatic carbocycles. The molecule has 34 heavy (non-hydrogen) atoms. The van der Waals surface area contributed by atoms with Crippen molar-refractivity contribution in [2.75, 3.05) is 0 Å². The summed E-state index contributed by atoms with van der Waals surface area (Å²) in [6.45, 7) is -0.442. The van der Waals surface area contributed by atoms with Crippen molar-refractivity contribution in [3.63, 3.8) is 0 Å². The Hall–Kier alpha value is -3.20. The molecule has 3 atom stereocenters. The molecule has 0 saturated heterocycles. The lowest BCUT2D eigenvalue weighted by Gasteiger charge is -2.17. The average molecular weight is 496 g/mol. The summed E-state index contributed by atoms with van der Waals surface area (Å²) in [6, 6.07) is 6.07. The largest absolute Gasteiger partial charge is 0.481 e. The fraction of sp³-hybridized carbons (Fsp3) is 0.250. The number of hydrogen-bond donors (Lipinski definition) is 1. The van der Waals surface area contributed by atoms with Gasteiger partial charge in [-0.3, -0.25) is 4.79 Å². The van der Waals surface area contributed by atoms with Crippen molar-refractivity contribution in [2.24, 2.45) is 11.8 Å². The van der Waals surface area contributed by atoms with Crippen LogP contribution in [-0.4, -0.2) is 16.1 Å². The third kappa shape index (κ3) is 3.87. The fourth-order valence-electron chi connectivity index (χ4n) is 4.73. The number of ether oxygens (including phenoxy) is 1. The predicted molar refractivity (Wildman–Crippen MR) is 111 cm³/mol. The van der Waals surface area contributed by atoms with Crippen LogP contribution in [0.5, 0.6) is 5.88 Å². The summed E-state index contributed by atoms with van der Waals surface area (Å²) in [5.74, 6) is -3.30. The molecule has 0 amide bonds. The summed E-state index contributed by atoms with van der Waals surface area (Å²) in [5, 5.41) is 9.21. The lowest BCUT2D eigenvalue weighted by molar-refractivity contribution is -0.139. The maximum absolute atomic E-state index is 14.6. The lowest BCUT2D eigenvalue weighted by atomic mass is 9.96. The molecule has 0 spiro atoms. The number of nitrogens with zero attached hydrogens (tertiary/aromatic N) is 1. The second kappa shape index (κ2) is 7.94. The first-order chi connectivity index (χ1) is 16.0. The topological polar surface area (TPSA) is 59.4 Å². The third-order valence-corrected chi connectivity index (χ3v) is 6.59. The zero-order valence-electron chi connectivity index (χ0n) is 17.2. The first-order valence-electron chi connectivity index (χ1n) is 10.2. The number of carbonyl (C=O) groups is 1. The third-order valence-electron chi connectivity index (χ3n) is 6.36. The van der Waals surface area contributed by atoms with Crippen molar-refractivity contribution in [1.82, 2.24) is 4.98 Å². The van der Waals surface area contributed by atoms with Gasteiger partial charge in [0.1, 0.15) is 18.2 Å². The van der Waals surface area contributed by atoms with Gasteiger partial charge in [0.15, 0.2) is 0 Å². The van der Waals surface area contributed by atoms with Gasteiger partial charge in [-0.15, -0.1) is 0 Å². The number of rotatable bonds is 5. The number of fused-ring (bicyclic) bond motifs is 3. The molecule has 0 aliphatic heterocycles. The van der Waals surface area contributed by atoms with E-state index in [1.165, 1.54) is 12.3 Å². The molecular formula is C24H15ClF5NO3. The molecule has 5 rings (SSSR count). The Bertz CT molecular complexity index is 1330. The molecule has 10 heteroatoms. The highest BCUT2D eigenvalue weighted by Gasteiger charge is 2.59. The van der Waals surface area contributed by atoms with Crippen LogP contribution in [0.4, 0.5) is 22.0 Å². The van der Waals surface area contributed by atoms with E-state index >= 15 is 0 Å². The van der Waals surface area contributed by atoms with Crippen molar-refractivity contribution in [3.05, 3.63) is 81.5 Å². The molecule has 0 radical (unpaired) electrons. The van der Waals surface area contributed by atoms with Gasteiger partial charge in [-0.2, -0.15) is 13.2 Å². The summed E-state index contributed by atoms with van der Waals surface area (Å²) < 4.78 is 75.2.